The summed E-state index contributed by atoms with van der Waals surface area (Å²) < 4.78 is 10.0. The van der Waals surface area contributed by atoms with Crippen LogP contribution in [0.3, 0.4) is 0 Å². The third-order valence-electron chi connectivity index (χ3n) is 9.85. The molecule has 45 heavy (non-hydrogen) atoms. The molecule has 5 rings (SSSR count). The minimum Gasteiger partial charge on any atom is -0.439 e. The van der Waals surface area contributed by atoms with E-state index < -0.39 is 18.4 Å². The highest BCUT2D eigenvalue weighted by atomic mass is 16.6. The lowest BCUT2D eigenvalue weighted by molar-refractivity contribution is -0.806. The van der Waals surface area contributed by atoms with Crippen LogP contribution in [0.25, 0.3) is 11.2 Å². The molecule has 1 aromatic carbocycles. The topological polar surface area (TPSA) is 158 Å². The summed E-state index contributed by atoms with van der Waals surface area (Å²) in [5.41, 5.74) is 16.8. The van der Waals surface area contributed by atoms with Crippen LogP contribution in [0.5, 0.6) is 0 Å². The molecule has 1 saturated heterocycles. The zero-order valence-corrected chi connectivity index (χ0v) is 28.2. The molecule has 2 aliphatic rings. The van der Waals surface area contributed by atoms with E-state index in [1.54, 1.807) is 12.7 Å². The van der Waals surface area contributed by atoms with Gasteiger partial charge in [-0.25, -0.2) is 4.98 Å². The monoisotopic (exact) mass is 624 g/mol. The second-order valence-electron chi connectivity index (χ2n) is 14.6. The predicted octanol–water partition coefficient (Wildman–Crippen LogP) is 2.07. The van der Waals surface area contributed by atoms with Crippen molar-refractivity contribution in [2.45, 2.75) is 116 Å². The molecule has 0 spiro atoms. The first-order valence-corrected chi connectivity index (χ1v) is 16.5. The van der Waals surface area contributed by atoms with Gasteiger partial charge in [0.15, 0.2) is 5.82 Å². The molecule has 1 aliphatic heterocycles. The highest BCUT2D eigenvalue weighted by Crippen LogP contribution is 2.37. The van der Waals surface area contributed by atoms with Crippen molar-refractivity contribution in [3.05, 3.63) is 53.9 Å². The van der Waals surface area contributed by atoms with E-state index in [1.807, 2.05) is 16.2 Å². The number of aromatic amines is 1. The summed E-state index contributed by atoms with van der Waals surface area (Å²) in [5, 5.41) is 23.3. The summed E-state index contributed by atoms with van der Waals surface area (Å²) in [5.74, 6) is 1.09. The Morgan fingerprint density at radius 3 is 2.73 bits per heavy atom. The SMILES string of the molecule is Cc1ccc(C(C)(C)C)cc1NC=C([NH3+])CCC1CC(N(CCC2OC([n+]3c[nH]c4c(N)nc[n+](C)c43)C(O)C2[OH2+])C(C)C)C1. The maximum Gasteiger partial charge on any atom is 0.403 e. The Bertz CT molecular complexity index is 1510. The smallest absolute Gasteiger partial charge is 0.403 e. The summed E-state index contributed by atoms with van der Waals surface area (Å²) in [7, 11) is 1.88. The Morgan fingerprint density at radius 2 is 2.04 bits per heavy atom. The predicted molar refractivity (Wildman–Crippen MR) is 176 cm³/mol. The second kappa shape index (κ2) is 13.3. The molecular formula is C34H56N8O3+4. The number of aliphatic hydroxyl groups excluding tert-OH is 1. The molecule has 0 bridgehead atoms. The van der Waals surface area contributed by atoms with Crippen molar-refractivity contribution < 1.29 is 29.8 Å². The van der Waals surface area contributed by atoms with Crippen molar-refractivity contribution in [2.75, 3.05) is 17.6 Å². The number of nitrogen functional groups attached to an aromatic ring is 1. The Labute approximate surface area is 267 Å². The maximum absolute atomic E-state index is 11.0. The molecule has 246 valence electrons. The summed E-state index contributed by atoms with van der Waals surface area (Å²) in [6.45, 7) is 14.2. The van der Waals surface area contributed by atoms with Crippen LogP contribution in [0.15, 0.2) is 42.8 Å². The molecule has 1 saturated carbocycles. The number of nitrogens with one attached hydrogen (secondary N) is 2. The van der Waals surface area contributed by atoms with Gasteiger partial charge in [0.25, 0.3) is 6.23 Å². The molecule has 4 unspecified atom stereocenters. The third kappa shape index (κ3) is 7.18. The number of ether oxygens (including phenoxy) is 1. The van der Waals surface area contributed by atoms with E-state index in [1.165, 1.54) is 24.0 Å². The van der Waals surface area contributed by atoms with Gasteiger partial charge in [-0.3, -0.25) is 4.90 Å². The number of nitrogens with two attached hydrogens (primary N) is 1. The Hall–Kier alpha value is -3.09. The number of fused-ring (bicyclic) bond motifs is 1. The number of allylic oxidation sites excluding steroid dienone is 1. The number of imidazole rings is 1. The zero-order valence-electron chi connectivity index (χ0n) is 28.2. The van der Waals surface area contributed by atoms with Crippen molar-refractivity contribution in [3.8, 4) is 0 Å². The number of H-pyrrole nitrogens is 1. The van der Waals surface area contributed by atoms with Gasteiger partial charge < -0.3 is 31.7 Å². The number of aliphatic hydroxyl groups is 1. The van der Waals surface area contributed by atoms with Crippen LogP contribution >= 0.6 is 0 Å². The van der Waals surface area contributed by atoms with Crippen molar-refractivity contribution >= 4 is 22.7 Å². The molecule has 2 aromatic heterocycles. The summed E-state index contributed by atoms with van der Waals surface area (Å²) in [6.07, 6.45) is 7.98. The summed E-state index contributed by atoms with van der Waals surface area (Å²) in [4.78, 5) is 9.90. The Balaban J connectivity index is 1.11. The van der Waals surface area contributed by atoms with E-state index >= 15 is 0 Å². The number of hydrogen-bond acceptors (Lipinski definition) is 6. The number of anilines is 2. The largest absolute Gasteiger partial charge is 0.439 e. The minimum atomic E-state index is -0.945. The lowest BCUT2D eigenvalue weighted by Crippen LogP contribution is -2.50. The second-order valence-corrected chi connectivity index (χ2v) is 14.6. The van der Waals surface area contributed by atoms with Gasteiger partial charge in [0.2, 0.25) is 18.5 Å². The molecule has 1 aliphatic carbocycles. The summed E-state index contributed by atoms with van der Waals surface area (Å²) in [6, 6.07) is 7.60. The van der Waals surface area contributed by atoms with E-state index in [0.717, 1.165) is 36.4 Å². The first-order valence-electron chi connectivity index (χ1n) is 16.5. The number of rotatable bonds is 11. The lowest BCUT2D eigenvalue weighted by Gasteiger charge is -2.45. The number of hydrogen-bond donors (Lipinski definition) is 5. The highest BCUT2D eigenvalue weighted by Gasteiger charge is 2.52. The molecule has 11 nitrogen and oxygen atoms in total. The standard InChI is InChI=1S/C34H52N8O3/c1-20(2)41(13-12-27-29(43)30(44)33(45-27)42-19-38-28-31(36)39-18-40(7)32(28)42)25-14-22(15-25)9-11-24(35)17-37-26-16-23(34(4,5)6)10-8-21(26)3/h8,10,16-20,22,25,27,29-30,33,36-37,43-44H,9,11-15,35H2,1-7H3/p+4. The number of quaternary nitrogens is 1. The van der Waals surface area contributed by atoms with Crippen LogP contribution in [-0.4, -0.2) is 62.0 Å². The number of nitrogens with zero attached hydrogens (tertiary/aromatic N) is 4. The first kappa shape index (κ1) is 33.3. The fourth-order valence-corrected chi connectivity index (χ4v) is 6.85. The maximum atomic E-state index is 11.0. The average Bonchev–Trinajstić information content (AvgIpc) is 3.52. The molecule has 2 fully saturated rings. The van der Waals surface area contributed by atoms with Crippen LogP contribution in [0.1, 0.15) is 84.1 Å². The van der Waals surface area contributed by atoms with Crippen LogP contribution in [0.4, 0.5) is 11.5 Å². The van der Waals surface area contributed by atoms with Crippen LogP contribution in [-0.2, 0) is 17.2 Å². The highest BCUT2D eigenvalue weighted by molar-refractivity contribution is 5.75. The van der Waals surface area contributed by atoms with Crippen LogP contribution < -0.4 is 25.9 Å². The number of benzene rings is 1. The van der Waals surface area contributed by atoms with E-state index in [9.17, 15) is 5.11 Å². The van der Waals surface area contributed by atoms with Crippen LogP contribution in [0, 0.1) is 12.8 Å². The lowest BCUT2D eigenvalue weighted by atomic mass is 9.76. The molecule has 0 radical (unpaired) electrons. The van der Waals surface area contributed by atoms with Crippen LogP contribution in [0.2, 0.25) is 0 Å². The van der Waals surface area contributed by atoms with E-state index in [-0.39, 0.29) is 11.5 Å². The molecule has 3 heterocycles. The van der Waals surface area contributed by atoms with Gasteiger partial charge in [-0.05, 0) is 75.0 Å². The summed E-state index contributed by atoms with van der Waals surface area (Å²) >= 11 is 0. The van der Waals surface area contributed by atoms with Crippen molar-refractivity contribution in [1.82, 2.24) is 14.9 Å². The fraction of sp³-hybridized carbons (Fsp3) is 0.618. The molecule has 11 heteroatoms. The normalized spacial score (nSPS) is 25.8. The molecule has 10 N–H and O–H groups in total. The van der Waals surface area contributed by atoms with Crippen molar-refractivity contribution in [2.24, 2.45) is 13.0 Å². The van der Waals surface area contributed by atoms with Crippen molar-refractivity contribution in [3.63, 3.8) is 0 Å². The molecular weight excluding hydrogens is 568 g/mol. The third-order valence-corrected chi connectivity index (χ3v) is 9.85. The van der Waals surface area contributed by atoms with E-state index in [0.29, 0.717) is 35.8 Å². The van der Waals surface area contributed by atoms with Gasteiger partial charge in [-0.1, -0.05) is 32.9 Å². The Morgan fingerprint density at radius 1 is 1.31 bits per heavy atom. The van der Waals surface area contributed by atoms with Crippen molar-refractivity contribution in [1.29, 1.82) is 0 Å². The molecule has 4 atom stereocenters. The Kier molecular flexibility index (Phi) is 9.86. The van der Waals surface area contributed by atoms with E-state index in [4.69, 9.17) is 15.6 Å². The first-order chi connectivity index (χ1) is 21.2. The zero-order chi connectivity index (χ0) is 32.6. The quantitative estimate of drug-likeness (QED) is 0.162. The van der Waals surface area contributed by atoms with Gasteiger partial charge in [0.05, 0.1) is 6.20 Å². The van der Waals surface area contributed by atoms with Gasteiger partial charge in [-0.15, -0.1) is 4.57 Å². The van der Waals surface area contributed by atoms with Gasteiger partial charge in [-0.2, -0.15) is 9.55 Å². The van der Waals surface area contributed by atoms with Gasteiger partial charge in [0.1, 0.15) is 18.8 Å². The molecule has 0 amide bonds. The van der Waals surface area contributed by atoms with Gasteiger partial charge in [0, 0.05) is 30.7 Å². The molecule has 3 aromatic rings. The van der Waals surface area contributed by atoms with E-state index in [2.05, 4.69) is 91.9 Å². The fourth-order valence-electron chi connectivity index (χ4n) is 6.85. The van der Waals surface area contributed by atoms with Gasteiger partial charge >= 0.3 is 17.5 Å². The average molecular weight is 625 g/mol. The number of aryl methyl sites for hydroxylation is 2. The minimum absolute atomic E-state index is 0.117. The number of aromatic nitrogens is 4.